The molecule has 0 saturated carbocycles. The standard InChI is InChI=1S/C31H25ClF3N3O4S/c1-31(8-10-41-27-15(3-6-23(39)40)11-16(32)12-20(27)31)22-14-37-30(38-22)19-13-17(4-5-21(19)33)42-28-25(35)24(34)26-18(7-9-36-26)29(28)43-2/h4-5,7,9,11-14,36H,3,6,8,10H2,1-2H3,(H,37,38)(H,39,40)/t31-/m1/s1. The number of imidazole rings is 1. The first-order valence-corrected chi connectivity index (χ1v) is 14.9. The lowest BCUT2D eigenvalue weighted by molar-refractivity contribution is -0.136. The van der Waals surface area contributed by atoms with E-state index in [1.807, 2.05) is 6.92 Å². The van der Waals surface area contributed by atoms with Gasteiger partial charge in [0.2, 0.25) is 5.82 Å². The third-order valence-corrected chi connectivity index (χ3v) is 8.78. The third kappa shape index (κ3) is 5.10. The lowest BCUT2D eigenvalue weighted by atomic mass is 9.74. The number of rotatable bonds is 8. The number of aromatic nitrogens is 3. The third-order valence-electron chi connectivity index (χ3n) is 7.75. The molecule has 1 atom stereocenters. The number of nitrogens with zero attached hydrogens (tertiary/aromatic N) is 1. The van der Waals surface area contributed by atoms with Crippen molar-refractivity contribution >= 4 is 40.2 Å². The zero-order valence-electron chi connectivity index (χ0n) is 23.0. The highest BCUT2D eigenvalue weighted by Gasteiger charge is 2.39. The van der Waals surface area contributed by atoms with Crippen molar-refractivity contribution in [1.82, 2.24) is 15.0 Å². The van der Waals surface area contributed by atoms with E-state index in [-0.39, 0.29) is 41.2 Å². The molecular formula is C31H25ClF3N3O4S. The lowest BCUT2D eigenvalue weighted by Crippen LogP contribution is -2.32. The van der Waals surface area contributed by atoms with E-state index in [1.165, 1.54) is 36.2 Å². The van der Waals surface area contributed by atoms with Crippen LogP contribution in [0.15, 0.2) is 53.7 Å². The van der Waals surface area contributed by atoms with E-state index in [1.54, 1.807) is 30.7 Å². The number of aryl methyl sites for hydroxylation is 1. The van der Waals surface area contributed by atoms with Gasteiger partial charge in [-0.2, -0.15) is 4.39 Å². The van der Waals surface area contributed by atoms with Gasteiger partial charge in [-0.1, -0.05) is 11.6 Å². The number of benzene rings is 3. The highest BCUT2D eigenvalue weighted by molar-refractivity contribution is 7.99. The molecule has 1 aliphatic heterocycles. The number of hydrogen-bond acceptors (Lipinski definition) is 5. The molecule has 3 N–H and O–H groups in total. The average Bonchev–Trinajstić information content (AvgIpc) is 3.67. The second kappa shape index (κ2) is 11.2. The van der Waals surface area contributed by atoms with Crippen LogP contribution >= 0.6 is 23.4 Å². The number of carbonyl (C=O) groups is 1. The molecule has 43 heavy (non-hydrogen) atoms. The zero-order chi connectivity index (χ0) is 30.5. The zero-order valence-corrected chi connectivity index (χ0v) is 24.6. The number of carboxylic acid groups (broad SMARTS) is 1. The van der Waals surface area contributed by atoms with Crippen LogP contribution in [0.25, 0.3) is 22.3 Å². The van der Waals surface area contributed by atoms with Crippen molar-refractivity contribution in [2.45, 2.75) is 36.5 Å². The van der Waals surface area contributed by atoms with E-state index in [0.717, 1.165) is 5.56 Å². The van der Waals surface area contributed by atoms with Crippen LogP contribution in [0, 0.1) is 17.5 Å². The van der Waals surface area contributed by atoms with Crippen LogP contribution < -0.4 is 9.47 Å². The highest BCUT2D eigenvalue weighted by Crippen LogP contribution is 2.47. The Labute approximate surface area is 253 Å². The Morgan fingerprint density at radius 3 is 2.77 bits per heavy atom. The quantitative estimate of drug-likeness (QED) is 0.150. The molecule has 222 valence electrons. The minimum atomic E-state index is -1.15. The Balaban J connectivity index is 1.36. The van der Waals surface area contributed by atoms with E-state index in [9.17, 15) is 14.3 Å². The first-order chi connectivity index (χ1) is 20.6. The molecule has 7 nitrogen and oxygen atoms in total. The van der Waals surface area contributed by atoms with E-state index in [4.69, 9.17) is 26.1 Å². The molecule has 0 fully saturated rings. The number of halogens is 4. The average molecular weight is 628 g/mol. The molecular weight excluding hydrogens is 603 g/mol. The van der Waals surface area contributed by atoms with Crippen molar-refractivity contribution in [2.24, 2.45) is 0 Å². The molecule has 2 aromatic heterocycles. The van der Waals surface area contributed by atoms with Crippen molar-refractivity contribution in [3.63, 3.8) is 0 Å². The van der Waals surface area contributed by atoms with Crippen molar-refractivity contribution in [3.8, 4) is 28.6 Å². The van der Waals surface area contributed by atoms with Gasteiger partial charge in [0.15, 0.2) is 11.6 Å². The van der Waals surface area contributed by atoms with Crippen LogP contribution in [0.2, 0.25) is 5.02 Å². The molecule has 5 aromatic rings. The molecule has 0 spiro atoms. The summed E-state index contributed by atoms with van der Waals surface area (Å²) in [6.07, 6.45) is 5.63. The van der Waals surface area contributed by atoms with E-state index >= 15 is 8.78 Å². The fourth-order valence-corrected chi connectivity index (χ4v) is 6.44. The van der Waals surface area contributed by atoms with Crippen molar-refractivity contribution < 1.29 is 32.5 Å². The van der Waals surface area contributed by atoms with Crippen LogP contribution in [0.3, 0.4) is 0 Å². The Morgan fingerprint density at radius 2 is 2.00 bits per heavy atom. The minimum Gasteiger partial charge on any atom is -0.493 e. The fourth-order valence-electron chi connectivity index (χ4n) is 5.49. The Kier molecular flexibility index (Phi) is 7.55. The molecule has 6 rings (SSSR count). The SMILES string of the molecule is CSc1c(Oc2ccc(F)c(-c3nc([C@]4(C)CCOc5c(CCC(=O)O)cc(Cl)cc54)c[nH]3)c2)c(F)c(F)c2[nH]ccc12. The van der Waals surface area contributed by atoms with Gasteiger partial charge in [0, 0.05) is 40.2 Å². The molecule has 1 aliphatic rings. The summed E-state index contributed by atoms with van der Waals surface area (Å²) >= 11 is 7.64. The van der Waals surface area contributed by atoms with Crippen molar-refractivity contribution in [2.75, 3.05) is 12.9 Å². The molecule has 3 aromatic carbocycles. The minimum absolute atomic E-state index is 0.0376. The Bertz CT molecular complexity index is 1890. The predicted molar refractivity (Wildman–Crippen MR) is 158 cm³/mol. The number of ether oxygens (including phenoxy) is 2. The number of thioether (sulfide) groups is 1. The largest absolute Gasteiger partial charge is 0.493 e. The van der Waals surface area contributed by atoms with Crippen LogP contribution in [0.4, 0.5) is 13.2 Å². The first-order valence-electron chi connectivity index (χ1n) is 13.3. The number of carboxylic acids is 1. The highest BCUT2D eigenvalue weighted by atomic mass is 35.5. The smallest absolute Gasteiger partial charge is 0.303 e. The van der Waals surface area contributed by atoms with Gasteiger partial charge < -0.3 is 24.5 Å². The molecule has 0 bridgehead atoms. The van der Waals surface area contributed by atoms with Gasteiger partial charge in [0.05, 0.1) is 28.3 Å². The number of fused-ring (bicyclic) bond motifs is 2. The number of aromatic amines is 2. The number of nitrogens with one attached hydrogen (secondary N) is 2. The molecule has 0 amide bonds. The van der Waals surface area contributed by atoms with Crippen molar-refractivity contribution in [1.29, 1.82) is 0 Å². The number of H-pyrrole nitrogens is 2. The van der Waals surface area contributed by atoms with Gasteiger partial charge in [-0.3, -0.25) is 4.79 Å². The maximum Gasteiger partial charge on any atom is 0.303 e. The maximum atomic E-state index is 15.1. The van der Waals surface area contributed by atoms with Crippen molar-refractivity contribution in [3.05, 3.63) is 88.1 Å². The normalized spacial score (nSPS) is 16.2. The van der Waals surface area contributed by atoms with E-state index in [2.05, 4.69) is 9.97 Å². The van der Waals surface area contributed by atoms with Gasteiger partial charge in [-0.15, -0.1) is 11.8 Å². The Hall–Kier alpha value is -4.09. The van der Waals surface area contributed by atoms with Crippen LogP contribution in [0.5, 0.6) is 17.2 Å². The van der Waals surface area contributed by atoms with Crippen LogP contribution in [-0.4, -0.2) is 38.9 Å². The molecule has 0 saturated heterocycles. The molecule has 3 heterocycles. The van der Waals surface area contributed by atoms with E-state index in [0.29, 0.717) is 45.3 Å². The fraction of sp³-hybridized carbons (Fsp3) is 0.226. The summed E-state index contributed by atoms with van der Waals surface area (Å²) in [6.45, 7) is 2.33. The summed E-state index contributed by atoms with van der Waals surface area (Å²) < 4.78 is 56.8. The number of aliphatic carboxylic acids is 1. The van der Waals surface area contributed by atoms with Gasteiger partial charge in [-0.05, 0) is 68.0 Å². The number of hydrogen-bond donors (Lipinski definition) is 3. The summed E-state index contributed by atoms with van der Waals surface area (Å²) in [6, 6.07) is 9.01. The van der Waals surface area contributed by atoms with Gasteiger partial charge in [0.25, 0.3) is 0 Å². The second-order valence-electron chi connectivity index (χ2n) is 10.4. The predicted octanol–water partition coefficient (Wildman–Crippen LogP) is 8.25. The summed E-state index contributed by atoms with van der Waals surface area (Å²) in [5.41, 5.74) is 1.46. The summed E-state index contributed by atoms with van der Waals surface area (Å²) in [7, 11) is 0. The van der Waals surface area contributed by atoms with Gasteiger partial charge in [0.1, 0.15) is 23.1 Å². The van der Waals surface area contributed by atoms with Crippen LogP contribution in [-0.2, 0) is 16.6 Å². The topological polar surface area (TPSA) is 100 Å². The monoisotopic (exact) mass is 627 g/mol. The summed E-state index contributed by atoms with van der Waals surface area (Å²) in [5.74, 6) is -3.17. The lowest BCUT2D eigenvalue weighted by Gasteiger charge is -2.35. The van der Waals surface area contributed by atoms with Gasteiger partial charge >= 0.3 is 5.97 Å². The molecule has 12 heteroatoms. The van der Waals surface area contributed by atoms with E-state index < -0.39 is 28.8 Å². The molecule has 0 radical (unpaired) electrons. The second-order valence-corrected chi connectivity index (χ2v) is 11.7. The molecule has 0 aliphatic carbocycles. The Morgan fingerprint density at radius 1 is 1.19 bits per heavy atom. The van der Waals surface area contributed by atoms with Crippen LogP contribution in [0.1, 0.15) is 36.6 Å². The summed E-state index contributed by atoms with van der Waals surface area (Å²) in [5, 5.41) is 10.1. The summed E-state index contributed by atoms with van der Waals surface area (Å²) in [4.78, 5) is 22.1. The molecule has 0 unspecified atom stereocenters. The van der Waals surface area contributed by atoms with Gasteiger partial charge in [-0.25, -0.2) is 13.8 Å². The first kappa shape index (κ1) is 29.0. The maximum absolute atomic E-state index is 15.1.